The van der Waals surface area contributed by atoms with E-state index < -0.39 is 34.7 Å². The first kappa shape index (κ1) is 60.7. The summed E-state index contributed by atoms with van der Waals surface area (Å²) in [6.07, 6.45) is 12.9. The molecular formula is C38H72O14. The van der Waals surface area contributed by atoms with Gasteiger partial charge in [-0.3, -0.25) is 0 Å². The lowest BCUT2D eigenvalue weighted by atomic mass is 9.85. The first-order valence-corrected chi connectivity index (χ1v) is 17.3. The maximum atomic E-state index is 9.60. The minimum Gasteiger partial charge on any atom is -0.478 e. The van der Waals surface area contributed by atoms with Gasteiger partial charge in [0.1, 0.15) is 0 Å². The zero-order valence-corrected chi connectivity index (χ0v) is 32.7. The van der Waals surface area contributed by atoms with Crippen molar-refractivity contribution in [2.45, 2.75) is 119 Å². The van der Waals surface area contributed by atoms with E-state index in [-0.39, 0.29) is 61.9 Å². The minimum atomic E-state index is -0.935. The lowest BCUT2D eigenvalue weighted by molar-refractivity contribution is -0.133. The Hall–Kier alpha value is -3.40. The second kappa shape index (κ2) is 40.4. The summed E-state index contributed by atoms with van der Waals surface area (Å²) in [6.45, 7) is 22.0. The summed E-state index contributed by atoms with van der Waals surface area (Å²) in [5, 5.41) is 85.9. The highest BCUT2D eigenvalue weighted by Crippen LogP contribution is 2.24. The quantitative estimate of drug-likeness (QED) is 0.0503. The summed E-state index contributed by atoms with van der Waals surface area (Å²) in [5.41, 5.74) is -0.617. The van der Waals surface area contributed by atoms with Crippen LogP contribution in [0, 0.1) is 10.8 Å². The largest absolute Gasteiger partial charge is 0.478 e. The molecule has 0 saturated heterocycles. The van der Waals surface area contributed by atoms with E-state index >= 15 is 0 Å². The van der Waals surface area contributed by atoms with E-state index in [4.69, 9.17) is 51.1 Å². The Kier molecular flexibility index (Phi) is 47.1. The Morgan fingerprint density at radius 2 is 0.538 bits per heavy atom. The first-order valence-electron chi connectivity index (χ1n) is 17.3. The van der Waals surface area contributed by atoms with Gasteiger partial charge < -0.3 is 51.1 Å². The van der Waals surface area contributed by atoms with Crippen LogP contribution in [0.1, 0.15) is 119 Å². The van der Waals surface area contributed by atoms with Gasteiger partial charge in [0.15, 0.2) is 0 Å². The first-order chi connectivity index (χ1) is 24.1. The van der Waals surface area contributed by atoms with Gasteiger partial charge in [-0.25, -0.2) is 19.2 Å². The van der Waals surface area contributed by atoms with E-state index in [1.165, 1.54) is 66.2 Å². The van der Waals surface area contributed by atoms with Crippen molar-refractivity contribution in [3.8, 4) is 0 Å². The third-order valence-corrected chi connectivity index (χ3v) is 7.09. The third kappa shape index (κ3) is 44.6. The number of rotatable bonds is 22. The minimum absolute atomic E-state index is 0.131. The monoisotopic (exact) mass is 752 g/mol. The number of aliphatic hydroxyl groups is 6. The molecule has 10 N–H and O–H groups in total. The number of carboxylic acid groups (broad SMARTS) is 4. The van der Waals surface area contributed by atoms with Crippen LogP contribution in [0.3, 0.4) is 0 Å². The topological polar surface area (TPSA) is 271 Å². The van der Waals surface area contributed by atoms with Crippen LogP contribution < -0.4 is 0 Å². The van der Waals surface area contributed by atoms with Crippen molar-refractivity contribution in [1.82, 2.24) is 0 Å². The van der Waals surface area contributed by atoms with E-state index in [1.54, 1.807) is 0 Å². The molecule has 0 saturated carbocycles. The predicted octanol–water partition coefficient (Wildman–Crippen LogP) is 5.21. The van der Waals surface area contributed by atoms with Crippen LogP contribution in [0.5, 0.6) is 0 Å². The van der Waals surface area contributed by atoms with Crippen LogP contribution in [0.25, 0.3) is 0 Å². The molecule has 0 heterocycles. The van der Waals surface area contributed by atoms with Crippen LogP contribution >= 0.6 is 0 Å². The molecule has 52 heavy (non-hydrogen) atoms. The molecule has 0 spiro atoms. The Bertz CT molecular complexity index is 790. The van der Waals surface area contributed by atoms with E-state index in [1.807, 2.05) is 0 Å². The van der Waals surface area contributed by atoms with Gasteiger partial charge in [-0.15, -0.1) is 0 Å². The van der Waals surface area contributed by atoms with Crippen molar-refractivity contribution < 1.29 is 70.2 Å². The summed E-state index contributed by atoms with van der Waals surface area (Å²) in [5.74, 6) is -3.74. The molecule has 0 unspecified atom stereocenters. The van der Waals surface area contributed by atoms with Gasteiger partial charge in [0.05, 0.1) is 39.6 Å². The molecule has 14 nitrogen and oxygen atoms in total. The zero-order chi connectivity index (χ0) is 42.3. The fourth-order valence-corrected chi connectivity index (χ4v) is 2.98. The molecule has 0 aliphatic rings. The standard InChI is InChI=1S/2C11H24O3.4C4H6O2/c2*1-2-3-4-5-6-7-11(8-12,9-13)10-14;4*1-3(2)4(5)6/h2*12-14H,2-10H2,1H3;4*1H2,2H3,(H,5,6). The molecule has 0 aromatic rings. The van der Waals surface area contributed by atoms with Gasteiger partial charge in [0, 0.05) is 33.1 Å². The fourth-order valence-electron chi connectivity index (χ4n) is 2.98. The van der Waals surface area contributed by atoms with Crippen molar-refractivity contribution >= 4 is 23.9 Å². The maximum Gasteiger partial charge on any atom is 0.330 e. The van der Waals surface area contributed by atoms with Crippen LogP contribution in [0.15, 0.2) is 48.6 Å². The number of unbranched alkanes of at least 4 members (excludes halogenated alkanes) is 8. The lowest BCUT2D eigenvalue weighted by Crippen LogP contribution is -2.33. The number of carbonyl (C=O) groups is 4. The maximum absolute atomic E-state index is 9.60. The smallest absolute Gasteiger partial charge is 0.330 e. The Balaban J connectivity index is -0.000000129. The molecule has 0 aliphatic heterocycles. The molecule has 0 amide bonds. The van der Waals surface area contributed by atoms with Crippen molar-refractivity contribution in [3.05, 3.63) is 48.6 Å². The summed E-state index contributed by atoms with van der Waals surface area (Å²) in [6, 6.07) is 0. The van der Waals surface area contributed by atoms with Crippen LogP contribution in [-0.2, 0) is 19.2 Å². The fraction of sp³-hybridized carbons (Fsp3) is 0.684. The van der Waals surface area contributed by atoms with Crippen molar-refractivity contribution in [2.75, 3.05) is 39.6 Å². The Labute approximate surface area is 311 Å². The van der Waals surface area contributed by atoms with Crippen LogP contribution in [0.4, 0.5) is 0 Å². The lowest BCUT2D eigenvalue weighted by Gasteiger charge is -2.27. The Morgan fingerprint density at radius 1 is 0.385 bits per heavy atom. The van der Waals surface area contributed by atoms with Gasteiger partial charge >= 0.3 is 23.9 Å². The van der Waals surface area contributed by atoms with Crippen molar-refractivity contribution in [1.29, 1.82) is 0 Å². The molecule has 0 aromatic carbocycles. The van der Waals surface area contributed by atoms with Gasteiger partial charge in [-0.2, -0.15) is 0 Å². The average molecular weight is 753 g/mol. The molecule has 0 aliphatic carbocycles. The SMILES string of the molecule is C=C(C)C(=O)O.C=C(C)C(=O)O.C=C(C)C(=O)O.C=C(C)C(=O)O.CCCCCCCC(CO)(CO)CO.CCCCCCCC(CO)(CO)CO. The highest BCUT2D eigenvalue weighted by molar-refractivity contribution is 5.85. The summed E-state index contributed by atoms with van der Waals surface area (Å²) < 4.78 is 0. The number of carboxylic acids is 4. The molecule has 0 radical (unpaired) electrons. The normalized spacial score (nSPS) is 9.92. The molecule has 0 rings (SSSR count). The Morgan fingerprint density at radius 3 is 0.654 bits per heavy atom. The molecule has 308 valence electrons. The number of aliphatic hydroxyl groups excluding tert-OH is 6. The van der Waals surface area contributed by atoms with Crippen molar-refractivity contribution in [3.63, 3.8) is 0 Å². The number of hydrogen-bond acceptors (Lipinski definition) is 10. The number of aliphatic carboxylic acids is 4. The molecule has 0 bridgehead atoms. The number of hydrogen-bond donors (Lipinski definition) is 10. The molecule has 0 atom stereocenters. The highest BCUT2D eigenvalue weighted by Gasteiger charge is 2.27. The zero-order valence-electron chi connectivity index (χ0n) is 32.7. The molecule has 14 heteroatoms. The summed E-state index contributed by atoms with van der Waals surface area (Å²) in [4.78, 5) is 38.4. The van der Waals surface area contributed by atoms with E-state index in [0.29, 0.717) is 12.8 Å². The van der Waals surface area contributed by atoms with E-state index in [9.17, 15) is 19.2 Å². The molecule has 0 fully saturated rings. The predicted molar refractivity (Wildman–Crippen MR) is 204 cm³/mol. The van der Waals surface area contributed by atoms with Gasteiger partial charge in [0.25, 0.3) is 0 Å². The van der Waals surface area contributed by atoms with Crippen LogP contribution in [0.2, 0.25) is 0 Å². The van der Waals surface area contributed by atoms with Gasteiger partial charge in [-0.1, -0.05) is 104 Å². The average Bonchev–Trinajstić information content (AvgIpc) is 3.10. The second-order valence-corrected chi connectivity index (χ2v) is 12.6. The summed E-state index contributed by atoms with van der Waals surface area (Å²) in [7, 11) is 0. The van der Waals surface area contributed by atoms with E-state index in [0.717, 1.165) is 25.7 Å². The highest BCUT2D eigenvalue weighted by atomic mass is 16.4. The van der Waals surface area contributed by atoms with Crippen molar-refractivity contribution in [2.24, 2.45) is 10.8 Å². The third-order valence-electron chi connectivity index (χ3n) is 7.09. The van der Waals surface area contributed by atoms with Gasteiger partial charge in [-0.05, 0) is 40.5 Å². The molecular weight excluding hydrogens is 680 g/mol. The summed E-state index contributed by atoms with van der Waals surface area (Å²) >= 11 is 0. The second-order valence-electron chi connectivity index (χ2n) is 12.6. The van der Waals surface area contributed by atoms with E-state index in [2.05, 4.69) is 40.2 Å². The molecule has 0 aromatic heterocycles. The van der Waals surface area contributed by atoms with Gasteiger partial charge in [0.2, 0.25) is 0 Å². The van der Waals surface area contributed by atoms with Crippen LogP contribution in [-0.4, -0.2) is 115 Å².